The third-order valence-corrected chi connectivity index (χ3v) is 5.85. The van der Waals surface area contributed by atoms with Gasteiger partial charge in [-0.2, -0.15) is 5.10 Å². The van der Waals surface area contributed by atoms with E-state index in [4.69, 9.17) is 23.7 Å². The van der Waals surface area contributed by atoms with Gasteiger partial charge in [0.05, 0.1) is 13.3 Å². The molecule has 2 heterocycles. The molecule has 2 aromatic carbocycles. The van der Waals surface area contributed by atoms with Gasteiger partial charge in [-0.1, -0.05) is 0 Å². The number of ether oxygens (including phenoxy) is 3. The summed E-state index contributed by atoms with van der Waals surface area (Å²) in [5.41, 5.74) is 6.37. The van der Waals surface area contributed by atoms with Gasteiger partial charge in [0, 0.05) is 17.1 Å². The zero-order valence-corrected chi connectivity index (χ0v) is 22.0. The second kappa shape index (κ2) is 12.0. The molecule has 0 saturated heterocycles. The highest BCUT2D eigenvalue weighted by Crippen LogP contribution is 2.28. The van der Waals surface area contributed by atoms with Crippen molar-refractivity contribution in [1.29, 1.82) is 0 Å². The maximum Gasteiger partial charge on any atom is 0.344 e. The third-order valence-electron chi connectivity index (χ3n) is 5.85. The van der Waals surface area contributed by atoms with Crippen LogP contribution in [0.15, 0.2) is 76.2 Å². The van der Waals surface area contributed by atoms with E-state index in [9.17, 15) is 9.59 Å². The summed E-state index contributed by atoms with van der Waals surface area (Å²) in [6.45, 7) is 5.70. The number of amides is 1. The molecule has 4 aromatic rings. The zero-order chi connectivity index (χ0) is 27.9. The molecule has 0 radical (unpaired) electrons. The molecule has 0 unspecified atom stereocenters. The largest absolute Gasteiger partial charge is 0.493 e. The average molecular weight is 532 g/mol. The SMILES string of the molecule is COc1cc(/C=N/NC(=O)c2ccc(COc3ccc(-n4c(C)ccc4C)cc3)o2)ccc1O[C@H](C)C(=O)O. The molecule has 0 bridgehead atoms. The second-order valence-electron chi connectivity index (χ2n) is 8.71. The number of nitrogens with zero attached hydrogens (tertiary/aromatic N) is 2. The number of carboxylic acids is 1. The van der Waals surface area contributed by atoms with Crippen molar-refractivity contribution in [3.63, 3.8) is 0 Å². The number of benzene rings is 2. The number of hydrogen-bond donors (Lipinski definition) is 2. The van der Waals surface area contributed by atoms with Gasteiger partial charge in [0.15, 0.2) is 23.4 Å². The maximum atomic E-state index is 12.4. The Morgan fingerprint density at radius 2 is 1.74 bits per heavy atom. The van der Waals surface area contributed by atoms with Crippen molar-refractivity contribution < 1.29 is 33.3 Å². The van der Waals surface area contributed by atoms with Crippen molar-refractivity contribution >= 4 is 18.1 Å². The molecule has 0 aliphatic rings. The van der Waals surface area contributed by atoms with Crippen molar-refractivity contribution in [3.8, 4) is 22.9 Å². The van der Waals surface area contributed by atoms with E-state index in [1.165, 1.54) is 20.2 Å². The molecule has 10 heteroatoms. The van der Waals surface area contributed by atoms with Gasteiger partial charge in [0.25, 0.3) is 0 Å². The van der Waals surface area contributed by atoms with E-state index < -0.39 is 18.0 Å². The second-order valence-corrected chi connectivity index (χ2v) is 8.71. The first kappa shape index (κ1) is 27.1. The van der Waals surface area contributed by atoms with Crippen LogP contribution in [0.1, 0.15) is 40.2 Å². The topological polar surface area (TPSA) is 125 Å². The lowest BCUT2D eigenvalue weighted by Crippen LogP contribution is -2.23. The molecule has 0 aliphatic carbocycles. The van der Waals surface area contributed by atoms with Crippen LogP contribution in [-0.4, -0.2) is 41.0 Å². The van der Waals surface area contributed by atoms with Crippen molar-refractivity contribution in [2.75, 3.05) is 7.11 Å². The van der Waals surface area contributed by atoms with Gasteiger partial charge in [0.2, 0.25) is 0 Å². The minimum absolute atomic E-state index is 0.0867. The Balaban J connectivity index is 1.30. The summed E-state index contributed by atoms with van der Waals surface area (Å²) < 4.78 is 24.2. The van der Waals surface area contributed by atoms with Crippen LogP contribution in [0.25, 0.3) is 5.69 Å². The number of rotatable bonds is 11. The first-order valence-corrected chi connectivity index (χ1v) is 12.1. The Hall–Kier alpha value is -4.99. The van der Waals surface area contributed by atoms with Crippen LogP contribution in [0.3, 0.4) is 0 Å². The Labute approximate surface area is 225 Å². The average Bonchev–Trinajstić information content (AvgIpc) is 3.54. The number of furan rings is 1. The minimum Gasteiger partial charge on any atom is -0.493 e. The minimum atomic E-state index is -1.09. The summed E-state index contributed by atoms with van der Waals surface area (Å²) in [4.78, 5) is 23.4. The molecule has 2 N–H and O–H groups in total. The van der Waals surface area contributed by atoms with Gasteiger partial charge in [0.1, 0.15) is 18.1 Å². The van der Waals surface area contributed by atoms with Crippen molar-refractivity contribution in [3.05, 3.63) is 95.2 Å². The van der Waals surface area contributed by atoms with Gasteiger partial charge in [-0.3, -0.25) is 4.79 Å². The van der Waals surface area contributed by atoms with Crippen LogP contribution in [0.2, 0.25) is 0 Å². The molecular weight excluding hydrogens is 502 g/mol. The fourth-order valence-electron chi connectivity index (χ4n) is 3.82. The lowest BCUT2D eigenvalue weighted by molar-refractivity contribution is -0.144. The predicted octanol–water partition coefficient (Wildman–Crippen LogP) is 4.89. The molecule has 2 aromatic heterocycles. The van der Waals surface area contributed by atoms with Crippen molar-refractivity contribution in [2.24, 2.45) is 5.10 Å². The summed E-state index contributed by atoms with van der Waals surface area (Å²) in [5, 5.41) is 13.0. The van der Waals surface area contributed by atoms with E-state index in [0.29, 0.717) is 22.8 Å². The van der Waals surface area contributed by atoms with Crippen molar-refractivity contribution in [2.45, 2.75) is 33.5 Å². The smallest absolute Gasteiger partial charge is 0.344 e. The molecule has 0 saturated carbocycles. The van der Waals surface area contributed by atoms with Crippen LogP contribution < -0.4 is 19.6 Å². The number of aryl methyl sites for hydroxylation is 2. The molecule has 10 nitrogen and oxygen atoms in total. The molecule has 0 fully saturated rings. The lowest BCUT2D eigenvalue weighted by atomic mass is 10.2. The summed E-state index contributed by atoms with van der Waals surface area (Å²) in [5.74, 6) is 0.244. The molecule has 0 aliphatic heterocycles. The number of carbonyl (C=O) groups excluding carboxylic acids is 1. The number of hydrogen-bond acceptors (Lipinski definition) is 7. The first-order chi connectivity index (χ1) is 18.7. The van der Waals surface area contributed by atoms with E-state index in [1.54, 1.807) is 30.3 Å². The van der Waals surface area contributed by atoms with Crippen molar-refractivity contribution in [1.82, 2.24) is 9.99 Å². The third kappa shape index (κ3) is 6.67. The summed E-state index contributed by atoms with van der Waals surface area (Å²) >= 11 is 0. The fourth-order valence-corrected chi connectivity index (χ4v) is 3.82. The van der Waals surface area contributed by atoms with E-state index in [1.807, 2.05) is 24.3 Å². The molecule has 39 heavy (non-hydrogen) atoms. The molecule has 4 rings (SSSR count). The standard InChI is InChI=1S/C29H29N3O7/c1-18-5-6-19(2)32(18)22-8-10-23(11-9-22)37-17-24-12-14-26(39-24)28(33)31-30-16-21-7-13-25(27(15-21)36-4)38-20(3)29(34)35/h5-16,20H,17H2,1-4H3,(H,31,33)(H,34,35)/b30-16+/t20-/m1/s1. The van der Waals surface area contributed by atoms with Crippen LogP contribution >= 0.6 is 0 Å². The number of carboxylic acid groups (broad SMARTS) is 1. The van der Waals surface area contributed by atoms with Gasteiger partial charge in [-0.25, -0.2) is 10.2 Å². The highest BCUT2D eigenvalue weighted by molar-refractivity contribution is 5.92. The van der Waals surface area contributed by atoms with Crippen LogP contribution in [0.4, 0.5) is 0 Å². The first-order valence-electron chi connectivity index (χ1n) is 12.1. The Bertz CT molecular complexity index is 1470. The van der Waals surface area contributed by atoms with Gasteiger partial charge < -0.3 is 28.3 Å². The van der Waals surface area contributed by atoms with Crippen LogP contribution in [0.5, 0.6) is 17.2 Å². The number of aromatic nitrogens is 1. The molecule has 1 amide bonds. The van der Waals surface area contributed by atoms with Crippen LogP contribution in [0, 0.1) is 13.8 Å². The zero-order valence-electron chi connectivity index (χ0n) is 22.0. The fraction of sp³-hybridized carbons (Fsp3) is 0.207. The van der Waals surface area contributed by atoms with Gasteiger partial charge >= 0.3 is 11.9 Å². The highest BCUT2D eigenvalue weighted by Gasteiger charge is 2.16. The summed E-state index contributed by atoms with van der Waals surface area (Å²) in [7, 11) is 1.44. The monoisotopic (exact) mass is 531 g/mol. The van der Waals surface area contributed by atoms with E-state index >= 15 is 0 Å². The number of carbonyl (C=O) groups is 2. The Kier molecular flexibility index (Phi) is 8.35. The Morgan fingerprint density at radius 3 is 2.41 bits per heavy atom. The number of nitrogens with one attached hydrogen (secondary N) is 1. The molecular formula is C29H29N3O7. The highest BCUT2D eigenvalue weighted by atomic mass is 16.5. The maximum absolute atomic E-state index is 12.4. The van der Waals surface area contributed by atoms with E-state index in [-0.39, 0.29) is 18.1 Å². The number of aliphatic carboxylic acids is 1. The van der Waals surface area contributed by atoms with Gasteiger partial charge in [-0.05, 0) is 93.1 Å². The van der Waals surface area contributed by atoms with Crippen LogP contribution in [-0.2, 0) is 11.4 Å². The number of hydrazone groups is 1. The lowest BCUT2D eigenvalue weighted by Gasteiger charge is -2.13. The Morgan fingerprint density at radius 1 is 1.03 bits per heavy atom. The van der Waals surface area contributed by atoms with Gasteiger partial charge in [-0.15, -0.1) is 0 Å². The predicted molar refractivity (Wildman–Crippen MR) is 144 cm³/mol. The summed E-state index contributed by atoms with van der Waals surface area (Å²) in [6, 6.07) is 19.9. The molecule has 0 spiro atoms. The van der Waals surface area contributed by atoms with E-state index in [2.05, 4.69) is 41.1 Å². The quantitative estimate of drug-likeness (QED) is 0.209. The number of methoxy groups -OCH3 is 1. The summed E-state index contributed by atoms with van der Waals surface area (Å²) in [6.07, 6.45) is 0.378. The normalized spacial score (nSPS) is 11.8. The molecule has 1 atom stereocenters. The van der Waals surface area contributed by atoms with E-state index in [0.717, 1.165) is 17.1 Å². The molecule has 202 valence electrons.